The van der Waals surface area contributed by atoms with Crippen LogP contribution in [0.4, 0.5) is 17.1 Å². The SMILES string of the molecule is CC.CC1(C)CCC(c2ccc(Cl)cc2)=C(CN2CCN(c3ccc(C(=O)NSc4cc([N+](=O)[O-])c(NC(C)(C)CSc5ccccc5)cc4CO)cc3)CC2)C1. The first kappa shape index (κ1) is 44.1. The summed E-state index contributed by atoms with van der Waals surface area (Å²) in [6, 6.07) is 28.8. The van der Waals surface area contributed by atoms with Crippen molar-refractivity contribution in [2.75, 3.05) is 48.7 Å². The zero-order chi connectivity index (χ0) is 41.2. The first-order chi connectivity index (χ1) is 27.3. The number of hydrogen-bond acceptors (Lipinski definition) is 9. The Kier molecular flexibility index (Phi) is 15.6. The fraction of sp³-hybridized carbons (Fsp3) is 0.400. The first-order valence-electron chi connectivity index (χ1n) is 19.7. The van der Waals surface area contributed by atoms with Crippen LogP contribution in [0.25, 0.3) is 5.57 Å². The van der Waals surface area contributed by atoms with Crippen LogP contribution >= 0.6 is 35.3 Å². The zero-order valence-corrected chi connectivity index (χ0v) is 36.3. The lowest BCUT2D eigenvalue weighted by molar-refractivity contribution is -0.384. The van der Waals surface area contributed by atoms with E-state index in [2.05, 4.69) is 45.8 Å². The zero-order valence-electron chi connectivity index (χ0n) is 33.9. The van der Waals surface area contributed by atoms with Gasteiger partial charge in [-0.1, -0.05) is 75.2 Å². The summed E-state index contributed by atoms with van der Waals surface area (Å²) >= 11 is 8.82. The van der Waals surface area contributed by atoms with Gasteiger partial charge in [-0.2, -0.15) is 0 Å². The Bertz CT molecular complexity index is 2000. The molecule has 9 nitrogen and oxygen atoms in total. The fourth-order valence-corrected chi connectivity index (χ4v) is 9.07. The van der Waals surface area contributed by atoms with Gasteiger partial charge in [0.1, 0.15) is 5.69 Å². The average Bonchev–Trinajstić information content (AvgIpc) is 3.21. The van der Waals surface area contributed by atoms with Gasteiger partial charge in [0.15, 0.2) is 0 Å². The van der Waals surface area contributed by atoms with Gasteiger partial charge >= 0.3 is 0 Å². The van der Waals surface area contributed by atoms with Crippen molar-refractivity contribution in [1.29, 1.82) is 0 Å². The molecule has 0 atom stereocenters. The molecule has 1 heterocycles. The van der Waals surface area contributed by atoms with Gasteiger partial charge < -0.3 is 15.3 Å². The van der Waals surface area contributed by atoms with Gasteiger partial charge in [-0.05, 0) is 122 Å². The van der Waals surface area contributed by atoms with Gasteiger partial charge in [-0.15, -0.1) is 11.8 Å². The highest BCUT2D eigenvalue weighted by Gasteiger charge is 2.30. The molecule has 2 aliphatic rings. The van der Waals surface area contributed by atoms with E-state index in [0.717, 1.165) is 73.1 Å². The summed E-state index contributed by atoms with van der Waals surface area (Å²) in [6.07, 6.45) is 3.36. The molecule has 4 aromatic carbocycles. The molecule has 1 amide bonds. The molecular weight excluding hydrogens is 774 g/mol. The van der Waals surface area contributed by atoms with E-state index in [1.54, 1.807) is 17.8 Å². The number of piperazine rings is 1. The number of rotatable bonds is 14. The summed E-state index contributed by atoms with van der Waals surface area (Å²) in [6.45, 7) is 17.0. The van der Waals surface area contributed by atoms with Gasteiger partial charge in [0.25, 0.3) is 11.6 Å². The lowest BCUT2D eigenvalue weighted by atomic mass is 9.73. The minimum Gasteiger partial charge on any atom is -0.392 e. The largest absolute Gasteiger partial charge is 0.392 e. The van der Waals surface area contributed by atoms with E-state index in [0.29, 0.717) is 32.9 Å². The highest BCUT2D eigenvalue weighted by atomic mass is 35.5. The number of allylic oxidation sites excluding steroid dienone is 1. The van der Waals surface area contributed by atoms with Crippen molar-refractivity contribution in [3.63, 3.8) is 0 Å². The third-order valence-corrected chi connectivity index (χ3v) is 12.9. The number of nitrogens with zero attached hydrogens (tertiary/aromatic N) is 3. The molecule has 1 aliphatic heterocycles. The molecule has 12 heteroatoms. The summed E-state index contributed by atoms with van der Waals surface area (Å²) < 4.78 is 2.82. The Labute approximate surface area is 351 Å². The Hall–Kier alpha value is -4.00. The fourth-order valence-electron chi connectivity index (χ4n) is 7.25. The van der Waals surface area contributed by atoms with E-state index < -0.39 is 10.5 Å². The van der Waals surface area contributed by atoms with Crippen LogP contribution in [-0.4, -0.2) is 64.9 Å². The molecule has 1 aliphatic carbocycles. The van der Waals surface area contributed by atoms with Crippen LogP contribution in [-0.2, 0) is 6.61 Å². The number of anilines is 2. The number of aliphatic hydroxyl groups excluding tert-OH is 1. The molecule has 0 saturated carbocycles. The summed E-state index contributed by atoms with van der Waals surface area (Å²) in [5, 5.41) is 26.4. The van der Waals surface area contributed by atoms with E-state index in [9.17, 15) is 20.0 Å². The number of thioether (sulfide) groups is 1. The molecule has 1 saturated heterocycles. The smallest absolute Gasteiger partial charge is 0.293 e. The number of carbonyl (C=O) groups is 1. The number of aliphatic hydroxyl groups is 1. The number of nitrogens with one attached hydrogen (secondary N) is 2. The van der Waals surface area contributed by atoms with Crippen LogP contribution in [0.15, 0.2) is 106 Å². The summed E-state index contributed by atoms with van der Waals surface area (Å²) in [7, 11) is 0. The van der Waals surface area contributed by atoms with Crippen LogP contribution in [0.2, 0.25) is 5.02 Å². The number of amides is 1. The second-order valence-corrected chi connectivity index (χ2v) is 18.1. The molecular formula is C45H56ClN5O4S2. The maximum absolute atomic E-state index is 13.2. The second kappa shape index (κ2) is 20.1. The second-order valence-electron chi connectivity index (χ2n) is 15.8. The van der Waals surface area contributed by atoms with Crippen molar-refractivity contribution in [3.05, 3.63) is 128 Å². The molecule has 6 rings (SSSR count). The summed E-state index contributed by atoms with van der Waals surface area (Å²) in [5.74, 6) is 0.336. The standard InChI is InChI=1S/C43H50ClN5O4S2.C2H6/c1-42(2)19-18-37(30-10-14-34(44)15-11-30)33(26-42)27-47-20-22-48(23-21-47)35-16-12-31(13-17-35)41(51)46-55-40-25-39(49(52)53)38(24-32(40)28-50)45-43(3,4)29-54-36-8-6-5-7-9-36;1-2/h5-17,24-25,45,50H,18-23,26-29H2,1-4H3,(H,46,51);1-2H3. The highest BCUT2D eigenvalue weighted by Crippen LogP contribution is 2.43. The molecule has 0 aromatic heterocycles. The van der Waals surface area contributed by atoms with Crippen molar-refractivity contribution in [2.24, 2.45) is 5.41 Å². The molecule has 0 unspecified atom stereocenters. The average molecular weight is 831 g/mol. The Morgan fingerprint density at radius 2 is 1.63 bits per heavy atom. The van der Waals surface area contributed by atoms with Crippen LogP contribution in [0.3, 0.4) is 0 Å². The minimum atomic E-state index is -0.493. The van der Waals surface area contributed by atoms with E-state index in [-0.39, 0.29) is 18.2 Å². The Morgan fingerprint density at radius 3 is 2.26 bits per heavy atom. The van der Waals surface area contributed by atoms with Crippen molar-refractivity contribution < 1.29 is 14.8 Å². The van der Waals surface area contributed by atoms with E-state index in [1.807, 2.05) is 94.4 Å². The number of halogens is 1. The van der Waals surface area contributed by atoms with Crippen LogP contribution in [0.5, 0.6) is 0 Å². The number of carbonyl (C=O) groups excluding carboxylic acids is 1. The minimum absolute atomic E-state index is 0.127. The van der Waals surface area contributed by atoms with Crippen LogP contribution in [0, 0.1) is 15.5 Å². The third kappa shape index (κ3) is 12.3. The van der Waals surface area contributed by atoms with Crippen molar-refractivity contribution >= 4 is 63.9 Å². The topological polar surface area (TPSA) is 111 Å². The molecule has 0 bridgehead atoms. The van der Waals surface area contributed by atoms with Crippen molar-refractivity contribution in [2.45, 2.75) is 82.7 Å². The quantitative estimate of drug-likeness (QED) is 0.0495. The molecule has 57 heavy (non-hydrogen) atoms. The number of hydrogen-bond donors (Lipinski definition) is 3. The van der Waals surface area contributed by atoms with Gasteiger partial charge in [0.2, 0.25) is 0 Å². The van der Waals surface area contributed by atoms with E-state index in [1.165, 1.54) is 29.2 Å². The summed E-state index contributed by atoms with van der Waals surface area (Å²) in [4.78, 5) is 31.4. The normalized spacial score (nSPS) is 15.8. The highest BCUT2D eigenvalue weighted by molar-refractivity contribution is 7.99. The van der Waals surface area contributed by atoms with Crippen molar-refractivity contribution in [3.8, 4) is 0 Å². The third-order valence-electron chi connectivity index (χ3n) is 10.3. The number of nitro groups is 1. The van der Waals surface area contributed by atoms with E-state index >= 15 is 0 Å². The molecule has 304 valence electrons. The van der Waals surface area contributed by atoms with Crippen LogP contribution in [0.1, 0.15) is 82.3 Å². The number of benzene rings is 4. The maximum atomic E-state index is 13.2. The Balaban J connectivity index is 0.00000305. The predicted octanol–water partition coefficient (Wildman–Crippen LogP) is 11.0. The molecule has 0 radical (unpaired) electrons. The van der Waals surface area contributed by atoms with Gasteiger partial charge in [0, 0.05) is 76.1 Å². The molecule has 0 spiro atoms. The maximum Gasteiger partial charge on any atom is 0.293 e. The van der Waals surface area contributed by atoms with E-state index in [4.69, 9.17) is 11.6 Å². The molecule has 3 N–H and O–H groups in total. The number of nitro benzene ring substituents is 1. The first-order valence-corrected chi connectivity index (χ1v) is 21.9. The van der Waals surface area contributed by atoms with Gasteiger partial charge in [0.05, 0.1) is 11.5 Å². The molecule has 4 aromatic rings. The molecule has 1 fully saturated rings. The Morgan fingerprint density at radius 1 is 0.965 bits per heavy atom. The predicted molar refractivity (Wildman–Crippen MR) is 240 cm³/mol. The van der Waals surface area contributed by atoms with Gasteiger partial charge in [-0.25, -0.2) is 0 Å². The van der Waals surface area contributed by atoms with Crippen LogP contribution < -0.4 is 14.9 Å². The monoisotopic (exact) mass is 829 g/mol. The summed E-state index contributed by atoms with van der Waals surface area (Å²) in [5.41, 5.74) is 6.30. The lowest BCUT2D eigenvalue weighted by Crippen LogP contribution is -2.47. The lowest BCUT2D eigenvalue weighted by Gasteiger charge is -2.39. The van der Waals surface area contributed by atoms with Gasteiger partial charge in [-0.3, -0.25) is 24.5 Å². The van der Waals surface area contributed by atoms with Crippen molar-refractivity contribution in [1.82, 2.24) is 9.62 Å².